The molecule has 0 saturated heterocycles. The van der Waals surface area contributed by atoms with Crippen LogP contribution in [0, 0.1) is 6.92 Å². The van der Waals surface area contributed by atoms with Crippen molar-refractivity contribution in [1.82, 2.24) is 14.7 Å². The number of carbonyl (C=O) groups excluding carboxylic acids is 2. The van der Waals surface area contributed by atoms with Crippen molar-refractivity contribution in [1.29, 1.82) is 0 Å². The standard InChI is InChI=1S/C24H22N4O2/c1-16-9-8-12-19(15-16)26-23(29)21-20-13-6-7-14-28(20)22(27-21)24(30)25-17(2)18-10-4-3-5-11-18/h3-15,17H,1-2H3,(H,25,30)(H,26,29). The van der Waals surface area contributed by atoms with Crippen molar-refractivity contribution in [2.45, 2.75) is 19.9 Å². The van der Waals surface area contributed by atoms with E-state index in [9.17, 15) is 9.59 Å². The molecule has 2 amide bonds. The molecule has 2 aromatic heterocycles. The maximum Gasteiger partial charge on any atom is 0.288 e. The minimum absolute atomic E-state index is 0.169. The molecule has 0 aliphatic rings. The largest absolute Gasteiger partial charge is 0.343 e. The van der Waals surface area contributed by atoms with Crippen LogP contribution in [0.4, 0.5) is 5.69 Å². The summed E-state index contributed by atoms with van der Waals surface area (Å²) in [5, 5.41) is 5.82. The molecule has 4 aromatic rings. The number of rotatable bonds is 5. The second-order valence-corrected chi connectivity index (χ2v) is 7.17. The number of benzene rings is 2. The summed E-state index contributed by atoms with van der Waals surface area (Å²) < 4.78 is 1.64. The summed E-state index contributed by atoms with van der Waals surface area (Å²) in [7, 11) is 0. The summed E-state index contributed by atoms with van der Waals surface area (Å²) in [5.74, 6) is -0.538. The van der Waals surface area contributed by atoms with Gasteiger partial charge in [-0.05, 0) is 49.2 Å². The fraction of sp³-hybridized carbons (Fsp3) is 0.125. The van der Waals surface area contributed by atoms with Crippen LogP contribution < -0.4 is 10.6 Å². The monoisotopic (exact) mass is 398 g/mol. The van der Waals surface area contributed by atoms with Crippen LogP contribution in [0.1, 0.15) is 45.2 Å². The molecule has 0 aliphatic heterocycles. The number of nitrogens with zero attached hydrogens (tertiary/aromatic N) is 2. The Morgan fingerprint density at radius 2 is 1.70 bits per heavy atom. The molecule has 1 atom stereocenters. The molecular weight excluding hydrogens is 376 g/mol. The summed E-state index contributed by atoms with van der Waals surface area (Å²) >= 11 is 0. The Balaban J connectivity index is 1.63. The van der Waals surface area contributed by atoms with E-state index in [-0.39, 0.29) is 29.4 Å². The minimum Gasteiger partial charge on any atom is -0.343 e. The third kappa shape index (κ3) is 3.93. The fourth-order valence-corrected chi connectivity index (χ4v) is 3.36. The van der Waals surface area contributed by atoms with Gasteiger partial charge in [0.25, 0.3) is 11.8 Å². The van der Waals surface area contributed by atoms with Crippen molar-refractivity contribution < 1.29 is 9.59 Å². The first-order chi connectivity index (χ1) is 14.5. The molecular formula is C24H22N4O2. The Hall–Kier alpha value is -3.93. The molecule has 0 radical (unpaired) electrons. The summed E-state index contributed by atoms with van der Waals surface area (Å²) in [5.41, 5.74) is 3.48. The zero-order valence-corrected chi connectivity index (χ0v) is 16.8. The fourth-order valence-electron chi connectivity index (χ4n) is 3.36. The number of anilines is 1. The van der Waals surface area contributed by atoms with Crippen molar-refractivity contribution in [3.8, 4) is 0 Å². The van der Waals surface area contributed by atoms with Gasteiger partial charge in [0.1, 0.15) is 0 Å². The summed E-state index contributed by atoms with van der Waals surface area (Å²) in [6, 6.07) is 22.4. The van der Waals surface area contributed by atoms with Gasteiger partial charge in [-0.15, -0.1) is 0 Å². The lowest BCUT2D eigenvalue weighted by Crippen LogP contribution is -2.28. The highest BCUT2D eigenvalue weighted by Gasteiger charge is 2.22. The summed E-state index contributed by atoms with van der Waals surface area (Å²) in [6.07, 6.45) is 1.73. The lowest BCUT2D eigenvalue weighted by Gasteiger charge is -2.13. The number of aromatic nitrogens is 2. The number of aryl methyl sites for hydroxylation is 1. The Labute approximate surface area is 174 Å². The lowest BCUT2D eigenvalue weighted by atomic mass is 10.1. The number of nitrogens with one attached hydrogen (secondary N) is 2. The Morgan fingerprint density at radius 1 is 0.933 bits per heavy atom. The SMILES string of the molecule is Cc1cccc(NC(=O)c2nc(C(=O)NC(C)c3ccccc3)n3ccccc23)c1. The number of imidazole rings is 1. The van der Waals surface area contributed by atoms with E-state index in [4.69, 9.17) is 0 Å². The predicted octanol–water partition coefficient (Wildman–Crippen LogP) is 4.39. The van der Waals surface area contributed by atoms with Crippen molar-refractivity contribution in [3.63, 3.8) is 0 Å². The second kappa shape index (κ2) is 8.21. The van der Waals surface area contributed by atoms with E-state index < -0.39 is 0 Å². The molecule has 0 spiro atoms. The highest BCUT2D eigenvalue weighted by atomic mass is 16.2. The number of pyridine rings is 1. The van der Waals surface area contributed by atoms with Gasteiger partial charge in [0, 0.05) is 11.9 Å². The van der Waals surface area contributed by atoms with Gasteiger partial charge in [-0.3, -0.25) is 14.0 Å². The third-order valence-corrected chi connectivity index (χ3v) is 4.89. The van der Waals surface area contributed by atoms with Gasteiger partial charge in [0.2, 0.25) is 5.82 Å². The van der Waals surface area contributed by atoms with Crippen LogP contribution in [0.5, 0.6) is 0 Å². The first-order valence-electron chi connectivity index (χ1n) is 9.74. The normalized spacial score (nSPS) is 11.8. The van der Waals surface area contributed by atoms with E-state index >= 15 is 0 Å². The van der Waals surface area contributed by atoms with E-state index in [0.29, 0.717) is 11.2 Å². The lowest BCUT2D eigenvalue weighted by molar-refractivity contribution is 0.0928. The van der Waals surface area contributed by atoms with Crippen LogP contribution in [-0.4, -0.2) is 21.2 Å². The zero-order chi connectivity index (χ0) is 21.1. The molecule has 150 valence electrons. The number of carbonyl (C=O) groups is 2. The van der Waals surface area contributed by atoms with Crippen molar-refractivity contribution in [2.24, 2.45) is 0 Å². The molecule has 6 heteroatoms. The number of amides is 2. The van der Waals surface area contributed by atoms with Crippen LogP contribution in [0.3, 0.4) is 0 Å². The van der Waals surface area contributed by atoms with E-state index in [1.54, 1.807) is 22.7 Å². The average molecular weight is 398 g/mol. The minimum atomic E-state index is -0.362. The highest BCUT2D eigenvalue weighted by Crippen LogP contribution is 2.18. The van der Waals surface area contributed by atoms with Gasteiger partial charge >= 0.3 is 0 Å². The molecule has 1 unspecified atom stereocenters. The van der Waals surface area contributed by atoms with Crippen LogP contribution in [0.25, 0.3) is 5.52 Å². The predicted molar refractivity (Wildman–Crippen MR) is 117 cm³/mol. The molecule has 2 heterocycles. The Kier molecular flexibility index (Phi) is 5.30. The van der Waals surface area contributed by atoms with Gasteiger partial charge in [-0.2, -0.15) is 0 Å². The molecule has 0 bridgehead atoms. The zero-order valence-electron chi connectivity index (χ0n) is 16.8. The number of fused-ring (bicyclic) bond motifs is 1. The highest BCUT2D eigenvalue weighted by molar-refractivity contribution is 6.09. The summed E-state index contributed by atoms with van der Waals surface area (Å²) in [6.45, 7) is 3.87. The van der Waals surface area contributed by atoms with E-state index in [1.807, 2.05) is 74.5 Å². The van der Waals surface area contributed by atoms with Crippen molar-refractivity contribution >= 4 is 23.0 Å². The Morgan fingerprint density at radius 3 is 2.47 bits per heavy atom. The number of hydrogen-bond acceptors (Lipinski definition) is 3. The van der Waals surface area contributed by atoms with Gasteiger partial charge < -0.3 is 10.6 Å². The van der Waals surface area contributed by atoms with Gasteiger partial charge in [-0.25, -0.2) is 4.98 Å². The quantitative estimate of drug-likeness (QED) is 0.524. The molecule has 6 nitrogen and oxygen atoms in total. The third-order valence-electron chi connectivity index (χ3n) is 4.89. The summed E-state index contributed by atoms with van der Waals surface area (Å²) in [4.78, 5) is 30.2. The second-order valence-electron chi connectivity index (χ2n) is 7.17. The molecule has 4 rings (SSSR count). The van der Waals surface area contributed by atoms with Crippen LogP contribution >= 0.6 is 0 Å². The first kappa shape index (κ1) is 19.4. The maximum atomic E-state index is 13.0. The molecule has 30 heavy (non-hydrogen) atoms. The molecule has 2 N–H and O–H groups in total. The van der Waals surface area contributed by atoms with E-state index in [2.05, 4.69) is 15.6 Å². The van der Waals surface area contributed by atoms with Crippen LogP contribution in [0.2, 0.25) is 0 Å². The first-order valence-corrected chi connectivity index (χ1v) is 9.74. The van der Waals surface area contributed by atoms with Crippen molar-refractivity contribution in [3.05, 3.63) is 102 Å². The van der Waals surface area contributed by atoms with Gasteiger partial charge in [-0.1, -0.05) is 48.5 Å². The van der Waals surface area contributed by atoms with Gasteiger partial charge in [0.05, 0.1) is 11.6 Å². The van der Waals surface area contributed by atoms with E-state index in [0.717, 1.165) is 11.1 Å². The molecule has 0 aliphatic carbocycles. The average Bonchev–Trinajstić information content (AvgIpc) is 3.14. The number of hydrogen-bond donors (Lipinski definition) is 2. The topological polar surface area (TPSA) is 75.5 Å². The smallest absolute Gasteiger partial charge is 0.288 e. The maximum absolute atomic E-state index is 13.0. The Bertz CT molecular complexity index is 1210. The van der Waals surface area contributed by atoms with Crippen molar-refractivity contribution in [2.75, 3.05) is 5.32 Å². The molecule has 2 aromatic carbocycles. The van der Waals surface area contributed by atoms with Crippen LogP contribution in [-0.2, 0) is 0 Å². The van der Waals surface area contributed by atoms with E-state index in [1.165, 1.54) is 0 Å². The molecule has 0 fully saturated rings. The molecule has 0 saturated carbocycles. The van der Waals surface area contributed by atoms with Crippen LogP contribution in [0.15, 0.2) is 79.0 Å². The van der Waals surface area contributed by atoms with Gasteiger partial charge in [0.15, 0.2) is 5.69 Å².